The number of carbonyl (C=O) groups is 1. The van der Waals surface area contributed by atoms with Gasteiger partial charge in [-0.1, -0.05) is 0 Å². The average molecular weight is 698 g/mol. The van der Waals surface area contributed by atoms with Crippen LogP contribution in [0.25, 0.3) is 0 Å². The molecule has 20 atom stereocenters. The molecule has 20 N–H and O–H groups in total. The van der Waals surface area contributed by atoms with Gasteiger partial charge in [-0.05, 0) is 32.7 Å². The first-order valence-corrected chi connectivity index (χ1v) is 16.4. The number of hydrogen-bond donors (Lipinski definition) is 14. The number of aliphatic hydroxyl groups excluding tert-OH is 7. The van der Waals surface area contributed by atoms with Crippen molar-refractivity contribution in [2.45, 2.75) is 142 Å². The molecule has 4 rings (SSSR count). The van der Waals surface area contributed by atoms with E-state index in [0.29, 0.717) is 12.8 Å². The van der Waals surface area contributed by atoms with Gasteiger partial charge in [0.25, 0.3) is 0 Å². The van der Waals surface area contributed by atoms with Crippen molar-refractivity contribution in [2.24, 2.45) is 40.3 Å². The highest BCUT2D eigenvalue weighted by atomic mass is 16.7. The maximum Gasteiger partial charge on any atom is 0.249 e. The molecule has 0 aromatic heterocycles. The molecule has 0 bridgehead atoms. The number of carbonyl (C=O) groups excluding carboxylic acids is 1. The molecule has 0 aromatic rings. The molecule has 280 valence electrons. The first-order chi connectivity index (χ1) is 22.7. The summed E-state index contributed by atoms with van der Waals surface area (Å²) in [7, 11) is 0. The highest BCUT2D eigenvalue weighted by Gasteiger charge is 2.58. The van der Waals surface area contributed by atoms with Crippen molar-refractivity contribution in [3.63, 3.8) is 0 Å². The van der Waals surface area contributed by atoms with Crippen molar-refractivity contribution in [3.05, 3.63) is 0 Å². The van der Waals surface area contributed by atoms with Crippen LogP contribution in [0.1, 0.15) is 26.2 Å². The quantitative estimate of drug-likeness (QED) is 0.0900. The fourth-order valence-electron chi connectivity index (χ4n) is 6.98. The Kier molecular flexibility index (Phi) is 13.9. The van der Waals surface area contributed by atoms with Crippen LogP contribution in [0.5, 0.6) is 0 Å². The number of rotatable bonds is 12. The van der Waals surface area contributed by atoms with E-state index in [2.05, 4.69) is 5.32 Å². The molecule has 2 unspecified atom stereocenters. The van der Waals surface area contributed by atoms with Gasteiger partial charge < -0.3 is 99.1 Å². The smallest absolute Gasteiger partial charge is 0.249 e. The van der Waals surface area contributed by atoms with Crippen molar-refractivity contribution >= 4 is 5.91 Å². The van der Waals surface area contributed by atoms with E-state index in [-0.39, 0.29) is 19.5 Å². The molecule has 1 saturated carbocycles. The molecule has 4 fully saturated rings. The molecule has 1 amide bonds. The van der Waals surface area contributed by atoms with Gasteiger partial charge in [0.15, 0.2) is 12.6 Å². The molecule has 0 radical (unpaired) electrons. The maximum absolute atomic E-state index is 12.7. The monoisotopic (exact) mass is 697 g/mol. The molecular formula is C28H55N7O13. The minimum Gasteiger partial charge on any atom is -0.394 e. The average Bonchev–Trinajstić information content (AvgIpc) is 3.35. The lowest BCUT2D eigenvalue weighted by Gasteiger charge is -2.52. The number of ether oxygens (including phenoxy) is 5. The van der Waals surface area contributed by atoms with Gasteiger partial charge in [-0.3, -0.25) is 4.79 Å². The highest BCUT2D eigenvalue weighted by molar-refractivity contribution is 5.80. The van der Waals surface area contributed by atoms with Crippen LogP contribution >= 0.6 is 0 Å². The van der Waals surface area contributed by atoms with Crippen LogP contribution in [0.2, 0.25) is 0 Å². The first kappa shape index (κ1) is 39.5. The predicted molar refractivity (Wildman–Crippen MR) is 164 cm³/mol. The van der Waals surface area contributed by atoms with Crippen LogP contribution in [0.15, 0.2) is 0 Å². The molecule has 20 nitrogen and oxygen atoms in total. The molecule has 3 heterocycles. The minimum absolute atomic E-state index is 0.00921. The van der Waals surface area contributed by atoms with E-state index in [1.807, 2.05) is 0 Å². The molecule has 3 aliphatic heterocycles. The Morgan fingerprint density at radius 1 is 0.854 bits per heavy atom. The van der Waals surface area contributed by atoms with Crippen LogP contribution in [0.4, 0.5) is 0 Å². The summed E-state index contributed by atoms with van der Waals surface area (Å²) < 4.78 is 29.8. The predicted octanol–water partition coefficient (Wildman–Crippen LogP) is -8.34. The van der Waals surface area contributed by atoms with E-state index < -0.39 is 134 Å². The number of nitrogens with two attached hydrogens (primary N) is 6. The minimum atomic E-state index is -1.73. The lowest BCUT2D eigenvalue weighted by atomic mass is 9.70. The third-order valence-electron chi connectivity index (χ3n) is 9.88. The van der Waals surface area contributed by atoms with Gasteiger partial charge in [0.05, 0.1) is 43.1 Å². The summed E-state index contributed by atoms with van der Waals surface area (Å²) in [5.41, 5.74) is 36.3. The largest absolute Gasteiger partial charge is 0.394 e. The van der Waals surface area contributed by atoms with Crippen LogP contribution < -0.4 is 39.7 Å². The van der Waals surface area contributed by atoms with Crippen molar-refractivity contribution < 1.29 is 64.2 Å². The number of nitrogens with one attached hydrogen (secondary N) is 1. The van der Waals surface area contributed by atoms with Crippen molar-refractivity contribution in [3.8, 4) is 0 Å². The van der Waals surface area contributed by atoms with Crippen LogP contribution in [-0.4, -0.2) is 177 Å². The van der Waals surface area contributed by atoms with E-state index in [1.165, 1.54) is 0 Å². The Morgan fingerprint density at radius 3 is 2.10 bits per heavy atom. The SMILES string of the molecule is C[C@H](N)[C@@H]1CC[C@@H](N)[C@@H](C2[C@@H](N)[C@H](O)[C@@H](NC(=O)[C@@H](O)CCN)[C@H](O)[C@H]2O[C@@H]2OC(CO)[C@@H](O[C@H]3O[C@@H](CN)[C@@H](O)[C@H](O)[C@H]3N)[C@H]2O)O1. The Balaban J connectivity index is 1.61. The molecule has 0 aromatic carbocycles. The third-order valence-corrected chi connectivity index (χ3v) is 9.88. The second kappa shape index (κ2) is 16.8. The summed E-state index contributed by atoms with van der Waals surface area (Å²) in [6, 6.07) is -5.04. The van der Waals surface area contributed by atoms with Gasteiger partial charge in [0, 0.05) is 30.6 Å². The molecule has 3 saturated heterocycles. The van der Waals surface area contributed by atoms with Gasteiger partial charge in [0.2, 0.25) is 5.91 Å². The zero-order valence-electron chi connectivity index (χ0n) is 26.8. The van der Waals surface area contributed by atoms with E-state index in [9.17, 15) is 40.5 Å². The Hall–Kier alpha value is -1.25. The van der Waals surface area contributed by atoms with E-state index in [0.717, 1.165) is 0 Å². The van der Waals surface area contributed by atoms with Crippen molar-refractivity contribution in [2.75, 3.05) is 19.7 Å². The Labute approximate surface area is 277 Å². The van der Waals surface area contributed by atoms with Crippen molar-refractivity contribution in [1.29, 1.82) is 0 Å². The zero-order chi connectivity index (χ0) is 35.6. The zero-order valence-corrected chi connectivity index (χ0v) is 26.8. The van der Waals surface area contributed by atoms with Gasteiger partial charge in [-0.25, -0.2) is 0 Å². The van der Waals surface area contributed by atoms with Crippen LogP contribution in [0.3, 0.4) is 0 Å². The lowest BCUT2D eigenvalue weighted by Crippen LogP contribution is -2.73. The molecule has 0 spiro atoms. The second-order valence-corrected chi connectivity index (χ2v) is 13.3. The summed E-state index contributed by atoms with van der Waals surface area (Å²) in [5.74, 6) is -1.98. The van der Waals surface area contributed by atoms with Gasteiger partial charge in [-0.15, -0.1) is 0 Å². The van der Waals surface area contributed by atoms with Gasteiger partial charge in [0.1, 0.15) is 48.8 Å². The lowest BCUT2D eigenvalue weighted by molar-refractivity contribution is -0.281. The summed E-state index contributed by atoms with van der Waals surface area (Å²) >= 11 is 0. The summed E-state index contributed by atoms with van der Waals surface area (Å²) in [4.78, 5) is 12.7. The molecule has 48 heavy (non-hydrogen) atoms. The van der Waals surface area contributed by atoms with Crippen molar-refractivity contribution in [1.82, 2.24) is 5.32 Å². The number of amides is 1. The number of hydrogen-bond acceptors (Lipinski definition) is 19. The van der Waals surface area contributed by atoms with E-state index in [1.54, 1.807) is 6.92 Å². The summed E-state index contributed by atoms with van der Waals surface area (Å²) in [5, 5.41) is 77.7. The molecule has 4 aliphatic rings. The summed E-state index contributed by atoms with van der Waals surface area (Å²) in [6.45, 7) is 0.871. The maximum atomic E-state index is 12.7. The normalized spacial score (nSPS) is 48.2. The van der Waals surface area contributed by atoms with Crippen LogP contribution in [-0.2, 0) is 28.5 Å². The summed E-state index contributed by atoms with van der Waals surface area (Å²) in [6.07, 6.45) is -18.0. The van der Waals surface area contributed by atoms with E-state index >= 15 is 0 Å². The van der Waals surface area contributed by atoms with Gasteiger partial charge >= 0.3 is 0 Å². The third kappa shape index (κ3) is 8.11. The fourth-order valence-corrected chi connectivity index (χ4v) is 6.98. The fraction of sp³-hybridized carbons (Fsp3) is 0.964. The molecule has 1 aliphatic carbocycles. The Morgan fingerprint density at radius 2 is 1.50 bits per heavy atom. The number of aliphatic hydroxyl groups is 7. The molecular weight excluding hydrogens is 642 g/mol. The van der Waals surface area contributed by atoms with Gasteiger partial charge in [-0.2, -0.15) is 0 Å². The first-order valence-electron chi connectivity index (χ1n) is 16.4. The highest BCUT2D eigenvalue weighted by Crippen LogP contribution is 2.39. The molecule has 20 heteroatoms. The van der Waals surface area contributed by atoms with E-state index in [4.69, 9.17) is 58.1 Å². The Bertz CT molecular complexity index is 1040. The topological polar surface area (TPSA) is 373 Å². The second-order valence-electron chi connectivity index (χ2n) is 13.3. The van der Waals surface area contributed by atoms with Crippen LogP contribution in [0, 0.1) is 5.92 Å². The standard InChI is InChI=1S/C28H55N7O13/c1-8(31)11-3-2-9(32)23(44-11)14-15(33)19(39)17(35-26(43)10(37)4-5-29)21(41)25(14)48-28-22(42)24(13(7-36)46-28)47-27-16(34)20(40)18(38)12(6-30)45-27/h8-25,27-28,36-42H,2-7,29-34H2,1H3,(H,35,43)/t8-,9+,10-,11-,12-,13?,14?,15+,16+,17+,18+,19-,20+,21-,22+,23-,24+,25-,27+,28-/m0/s1.